The Morgan fingerprint density at radius 1 is 0.944 bits per heavy atom. The summed E-state index contributed by atoms with van der Waals surface area (Å²) < 4.78 is 76.5. The van der Waals surface area contributed by atoms with Crippen LogP contribution in [0.15, 0.2) is 29.6 Å². The normalized spacial score (nSPS) is 29.9. The van der Waals surface area contributed by atoms with E-state index >= 15 is 0 Å². The van der Waals surface area contributed by atoms with Crippen LogP contribution in [0, 0.1) is 17.8 Å². The van der Waals surface area contributed by atoms with Gasteiger partial charge in [0.25, 0.3) is 11.8 Å². The highest BCUT2D eigenvalue weighted by molar-refractivity contribution is 5.95. The number of alkyl halides is 5. The van der Waals surface area contributed by atoms with Gasteiger partial charge in [-0.15, -0.1) is 0 Å². The number of ether oxygens (including phenoxy) is 1. The second-order valence-electron chi connectivity index (χ2n) is 16.6. The summed E-state index contributed by atoms with van der Waals surface area (Å²) in [6.07, 6.45) is 5.67. The molecule has 1 aromatic heterocycles. The van der Waals surface area contributed by atoms with Crippen molar-refractivity contribution in [3.8, 4) is 5.75 Å². The number of nitrogens with one attached hydrogen (secondary N) is 1. The van der Waals surface area contributed by atoms with Crippen LogP contribution in [-0.2, 0) is 21.2 Å². The molecule has 1 aliphatic heterocycles. The number of benzene rings is 1. The standard InChI is InChI=1S/C39H46F5N5O5/c40-38(41)18-26(19-38)48-54-28-6-4-27(5-7-28)53-29-8-9-32-31(17-29)37(10-2-1-3-11-37)21-49(32)36-45-20-30(33(47-36)39(42,43)44)34(50)46-25-15-22-12-23(16-25)14-24(13-22)35(51)52/h8-9,17,20,22-25,27-28H,1-7,10-16,18-19,21H2,(H,46,50)(H,51,52). The fraction of sp³-hybridized carbons (Fsp3) is 0.667. The third-order valence-electron chi connectivity index (χ3n) is 12.6. The van der Waals surface area contributed by atoms with Crippen molar-refractivity contribution >= 4 is 29.2 Å². The lowest BCUT2D eigenvalue weighted by Crippen LogP contribution is -2.44. The van der Waals surface area contributed by atoms with Gasteiger partial charge in [0.2, 0.25) is 5.95 Å². The molecule has 2 heterocycles. The van der Waals surface area contributed by atoms with Crippen molar-refractivity contribution in [2.45, 2.75) is 138 Å². The number of fused-ring (bicyclic) bond motifs is 4. The van der Waals surface area contributed by atoms with Gasteiger partial charge in [-0.25, -0.2) is 18.7 Å². The van der Waals surface area contributed by atoms with Crippen molar-refractivity contribution in [1.29, 1.82) is 0 Å². The van der Waals surface area contributed by atoms with Crippen molar-refractivity contribution < 1.29 is 46.2 Å². The Morgan fingerprint density at radius 2 is 1.63 bits per heavy atom. The molecule has 2 bridgehead atoms. The fourth-order valence-electron chi connectivity index (χ4n) is 10.1. The van der Waals surface area contributed by atoms with E-state index in [2.05, 4.69) is 20.4 Å². The first-order valence-electron chi connectivity index (χ1n) is 19.4. The number of anilines is 2. The molecule has 6 aliphatic rings. The molecule has 2 aromatic rings. The van der Waals surface area contributed by atoms with Gasteiger partial charge in [-0.3, -0.25) is 9.59 Å². The Hall–Kier alpha value is -4.04. The highest BCUT2D eigenvalue weighted by atomic mass is 19.4. The lowest BCUT2D eigenvalue weighted by atomic mass is 9.66. The number of rotatable bonds is 8. The van der Waals surface area contributed by atoms with Crippen molar-refractivity contribution in [3.63, 3.8) is 0 Å². The first kappa shape index (κ1) is 36.9. The Balaban J connectivity index is 0.974. The smallest absolute Gasteiger partial charge is 0.434 e. The quantitative estimate of drug-likeness (QED) is 0.203. The van der Waals surface area contributed by atoms with Crippen LogP contribution in [0.5, 0.6) is 5.75 Å². The van der Waals surface area contributed by atoms with Crippen molar-refractivity contribution in [2.75, 3.05) is 11.4 Å². The second-order valence-corrected chi connectivity index (χ2v) is 16.6. The van der Waals surface area contributed by atoms with Crippen LogP contribution in [0.2, 0.25) is 0 Å². The average molecular weight is 760 g/mol. The fourth-order valence-corrected chi connectivity index (χ4v) is 10.1. The van der Waals surface area contributed by atoms with Crippen LogP contribution in [0.4, 0.5) is 33.6 Å². The number of amides is 1. The Labute approximate surface area is 310 Å². The molecule has 1 spiro atoms. The first-order valence-corrected chi connectivity index (χ1v) is 19.4. The van der Waals surface area contributed by atoms with Crippen LogP contribution in [0.25, 0.3) is 0 Å². The van der Waals surface area contributed by atoms with Crippen LogP contribution in [-0.4, -0.2) is 63.4 Å². The number of carboxylic acid groups (broad SMARTS) is 1. The number of aromatic nitrogens is 2. The molecule has 54 heavy (non-hydrogen) atoms. The van der Waals surface area contributed by atoms with E-state index in [1.165, 1.54) is 0 Å². The molecule has 0 radical (unpaired) electrons. The Kier molecular flexibility index (Phi) is 9.73. The average Bonchev–Trinajstić information content (AvgIpc) is 3.42. The third kappa shape index (κ3) is 7.60. The molecule has 0 saturated heterocycles. The Morgan fingerprint density at radius 3 is 2.28 bits per heavy atom. The maximum Gasteiger partial charge on any atom is 0.434 e. The summed E-state index contributed by atoms with van der Waals surface area (Å²) in [5.74, 6) is -4.02. The zero-order chi connectivity index (χ0) is 37.8. The number of hydrogen-bond donors (Lipinski definition) is 2. The molecule has 2 N–H and O–H groups in total. The molecule has 5 fully saturated rings. The van der Waals surface area contributed by atoms with Gasteiger partial charge >= 0.3 is 12.1 Å². The predicted molar refractivity (Wildman–Crippen MR) is 187 cm³/mol. The van der Waals surface area contributed by atoms with E-state index in [0.717, 1.165) is 56.0 Å². The lowest BCUT2D eigenvalue weighted by molar-refractivity contribution is -0.144. The minimum Gasteiger partial charge on any atom is -0.490 e. The largest absolute Gasteiger partial charge is 0.490 e. The summed E-state index contributed by atoms with van der Waals surface area (Å²) in [5, 5.41) is 16.2. The first-order chi connectivity index (χ1) is 25.7. The maximum atomic E-state index is 14.6. The highest BCUT2D eigenvalue weighted by Gasteiger charge is 2.47. The van der Waals surface area contributed by atoms with Gasteiger partial charge in [-0.1, -0.05) is 24.4 Å². The minimum atomic E-state index is -4.91. The molecule has 1 amide bonds. The van der Waals surface area contributed by atoms with Gasteiger partial charge in [0.15, 0.2) is 5.69 Å². The van der Waals surface area contributed by atoms with E-state index in [1.54, 1.807) is 4.90 Å². The van der Waals surface area contributed by atoms with E-state index in [1.807, 2.05) is 18.2 Å². The number of carboxylic acids is 1. The van der Waals surface area contributed by atoms with Crippen LogP contribution >= 0.6 is 0 Å². The molecule has 5 saturated carbocycles. The molecule has 292 valence electrons. The van der Waals surface area contributed by atoms with Crippen LogP contribution in [0.1, 0.15) is 124 Å². The number of carbonyl (C=O) groups is 2. The van der Waals surface area contributed by atoms with E-state index in [4.69, 9.17) is 9.57 Å². The SMILES string of the molecule is O=C(NC1CC2CC(C1)CC(C(=O)O)C2)c1cnc(N2CC3(CCCCC3)c3cc(OC4CCC(ON=C5CC(F)(F)C5)CC4)ccc32)nc1C(F)(F)F. The van der Waals surface area contributed by atoms with Gasteiger partial charge in [0, 0.05) is 29.9 Å². The van der Waals surface area contributed by atoms with Gasteiger partial charge in [-0.2, -0.15) is 13.2 Å². The zero-order valence-corrected chi connectivity index (χ0v) is 30.1. The van der Waals surface area contributed by atoms with Crippen molar-refractivity contribution in [3.05, 3.63) is 41.2 Å². The molecule has 15 heteroatoms. The third-order valence-corrected chi connectivity index (χ3v) is 12.6. The molecule has 2 atom stereocenters. The van der Waals surface area contributed by atoms with E-state index in [9.17, 15) is 36.6 Å². The van der Waals surface area contributed by atoms with Crippen LogP contribution < -0.4 is 15.0 Å². The summed E-state index contributed by atoms with van der Waals surface area (Å²) in [7, 11) is 0. The summed E-state index contributed by atoms with van der Waals surface area (Å²) in [4.78, 5) is 40.7. The molecular formula is C39H46F5N5O5. The minimum absolute atomic E-state index is 0.0744. The van der Waals surface area contributed by atoms with Gasteiger partial charge < -0.3 is 24.9 Å². The number of carbonyl (C=O) groups excluding carboxylic acids is 1. The predicted octanol–water partition coefficient (Wildman–Crippen LogP) is 8.35. The summed E-state index contributed by atoms with van der Waals surface area (Å²) in [5.41, 5.74) is -0.114. The maximum absolute atomic E-state index is 14.6. The molecule has 1 aromatic carbocycles. The van der Waals surface area contributed by atoms with Crippen molar-refractivity contribution in [1.82, 2.24) is 15.3 Å². The Bertz CT molecular complexity index is 1770. The number of halogens is 5. The van der Waals surface area contributed by atoms with E-state index < -0.39 is 41.2 Å². The number of hydrogen-bond acceptors (Lipinski definition) is 8. The topological polar surface area (TPSA) is 126 Å². The molecule has 2 unspecified atom stereocenters. The van der Waals surface area contributed by atoms with Gasteiger partial charge in [0.1, 0.15) is 11.9 Å². The highest BCUT2D eigenvalue weighted by Crippen LogP contribution is 2.52. The van der Waals surface area contributed by atoms with Gasteiger partial charge in [0.05, 0.1) is 36.1 Å². The summed E-state index contributed by atoms with van der Waals surface area (Å²) in [6, 6.07) is 5.35. The summed E-state index contributed by atoms with van der Waals surface area (Å²) in [6.45, 7) is 0.410. The second kappa shape index (κ2) is 14.2. The molecule has 8 rings (SSSR count). The number of aliphatic carboxylic acids is 1. The van der Waals surface area contributed by atoms with E-state index in [0.29, 0.717) is 69.4 Å². The molecule has 5 aliphatic carbocycles. The lowest BCUT2D eigenvalue weighted by Gasteiger charge is -2.41. The number of oxime groups is 1. The zero-order valence-electron chi connectivity index (χ0n) is 30.1. The number of nitrogens with zero attached hydrogens (tertiary/aromatic N) is 4. The van der Waals surface area contributed by atoms with Crippen LogP contribution in [0.3, 0.4) is 0 Å². The monoisotopic (exact) mass is 759 g/mol. The van der Waals surface area contributed by atoms with E-state index in [-0.39, 0.29) is 54.3 Å². The van der Waals surface area contributed by atoms with Gasteiger partial charge in [-0.05, 0) is 106 Å². The summed E-state index contributed by atoms with van der Waals surface area (Å²) >= 11 is 0. The molecular weight excluding hydrogens is 713 g/mol. The van der Waals surface area contributed by atoms with Crippen molar-refractivity contribution in [2.24, 2.45) is 22.9 Å². The molecule has 10 nitrogen and oxygen atoms in total.